The number of halogens is 2. The molecule has 2 aromatic rings. The number of amides is 2. The quantitative estimate of drug-likeness (QED) is 0.786. The summed E-state index contributed by atoms with van der Waals surface area (Å²) in [5, 5.41) is 3.53. The summed E-state index contributed by atoms with van der Waals surface area (Å²) in [7, 11) is 0. The Kier molecular flexibility index (Phi) is 6.06. The van der Waals surface area contributed by atoms with Crippen molar-refractivity contribution in [3.63, 3.8) is 0 Å². The van der Waals surface area contributed by atoms with Crippen LogP contribution in [0.2, 0.25) is 5.02 Å². The molecule has 2 heterocycles. The van der Waals surface area contributed by atoms with Gasteiger partial charge in [-0.25, -0.2) is 4.39 Å². The first kappa shape index (κ1) is 20.8. The zero-order chi connectivity index (χ0) is 21.3. The lowest BCUT2D eigenvalue weighted by Gasteiger charge is -2.21. The Morgan fingerprint density at radius 3 is 2.47 bits per heavy atom. The first-order chi connectivity index (χ1) is 14.4. The summed E-state index contributed by atoms with van der Waals surface area (Å²) in [6, 6.07) is 11.6. The van der Waals surface area contributed by atoms with Gasteiger partial charge < -0.3 is 15.1 Å². The van der Waals surface area contributed by atoms with Crippen molar-refractivity contribution in [1.29, 1.82) is 0 Å². The average Bonchev–Trinajstić information content (AvgIpc) is 3.28. The van der Waals surface area contributed by atoms with Crippen LogP contribution >= 0.6 is 11.6 Å². The summed E-state index contributed by atoms with van der Waals surface area (Å²) in [6.07, 6.45) is 0.406. The molecule has 2 atom stereocenters. The van der Waals surface area contributed by atoms with E-state index < -0.39 is 5.82 Å². The third-order valence-corrected chi connectivity index (χ3v) is 6.47. The van der Waals surface area contributed by atoms with E-state index in [1.165, 1.54) is 12.1 Å². The van der Waals surface area contributed by atoms with Crippen molar-refractivity contribution in [2.45, 2.75) is 13.3 Å². The van der Waals surface area contributed by atoms with Gasteiger partial charge in [-0.15, -0.1) is 0 Å². The molecule has 2 amide bonds. The number of fused-ring (bicyclic) bond motifs is 1. The number of hydrogen-bond donors (Lipinski definition) is 1. The first-order valence-corrected chi connectivity index (χ1v) is 10.6. The van der Waals surface area contributed by atoms with Crippen LogP contribution in [0, 0.1) is 24.6 Å². The van der Waals surface area contributed by atoms with Crippen LogP contribution in [0.1, 0.15) is 22.3 Å². The predicted molar refractivity (Wildman–Crippen MR) is 115 cm³/mol. The summed E-state index contributed by atoms with van der Waals surface area (Å²) < 4.78 is 13.9. The number of rotatable bonds is 5. The van der Waals surface area contributed by atoms with E-state index in [2.05, 4.69) is 10.2 Å². The Hall–Kier alpha value is -2.44. The number of carbonyl (C=O) groups is 2. The third kappa shape index (κ3) is 4.50. The molecule has 0 spiro atoms. The van der Waals surface area contributed by atoms with Gasteiger partial charge in [0.2, 0.25) is 5.91 Å². The maximum Gasteiger partial charge on any atom is 0.256 e. The number of aryl methyl sites for hydroxylation is 1. The van der Waals surface area contributed by atoms with Gasteiger partial charge in [0.1, 0.15) is 5.82 Å². The number of hydrogen-bond acceptors (Lipinski definition) is 3. The molecule has 2 unspecified atom stereocenters. The highest BCUT2D eigenvalue weighted by atomic mass is 35.5. The Labute approximate surface area is 180 Å². The van der Waals surface area contributed by atoms with E-state index in [9.17, 15) is 14.0 Å². The predicted octanol–water partition coefficient (Wildman–Crippen LogP) is 3.82. The van der Waals surface area contributed by atoms with E-state index in [0.717, 1.165) is 18.7 Å². The molecule has 0 aliphatic carbocycles. The largest absolute Gasteiger partial charge is 0.338 e. The second-order valence-electron chi connectivity index (χ2n) is 8.23. The molecule has 7 heteroatoms. The summed E-state index contributed by atoms with van der Waals surface area (Å²) in [4.78, 5) is 28.9. The molecule has 158 valence electrons. The van der Waals surface area contributed by atoms with Gasteiger partial charge in [-0.3, -0.25) is 9.59 Å². The monoisotopic (exact) mass is 429 g/mol. The number of likely N-dealkylation sites (tertiary alicyclic amines) is 2. The fraction of sp³-hybridized carbons (Fsp3) is 0.391. The molecule has 30 heavy (non-hydrogen) atoms. The average molecular weight is 430 g/mol. The molecule has 2 saturated heterocycles. The van der Waals surface area contributed by atoms with Crippen LogP contribution < -0.4 is 5.32 Å². The lowest BCUT2D eigenvalue weighted by atomic mass is 10.0. The van der Waals surface area contributed by atoms with E-state index in [1.54, 1.807) is 23.1 Å². The zero-order valence-electron chi connectivity index (χ0n) is 16.9. The smallest absolute Gasteiger partial charge is 0.256 e. The number of nitrogens with zero attached hydrogens (tertiary/aromatic N) is 2. The van der Waals surface area contributed by atoms with Gasteiger partial charge in [0.05, 0.1) is 5.56 Å². The third-order valence-electron chi connectivity index (χ3n) is 6.06. The highest BCUT2D eigenvalue weighted by molar-refractivity contribution is 6.31. The van der Waals surface area contributed by atoms with E-state index in [-0.39, 0.29) is 17.4 Å². The number of benzene rings is 2. The van der Waals surface area contributed by atoms with Crippen molar-refractivity contribution in [2.24, 2.45) is 11.8 Å². The molecule has 2 fully saturated rings. The summed E-state index contributed by atoms with van der Waals surface area (Å²) in [5.41, 5.74) is 1.82. The fourth-order valence-electron chi connectivity index (χ4n) is 4.40. The lowest BCUT2D eigenvalue weighted by molar-refractivity contribution is -0.116. The normalized spacial score (nSPS) is 21.0. The molecular weight excluding hydrogens is 405 g/mol. The molecule has 4 rings (SSSR count). The van der Waals surface area contributed by atoms with Gasteiger partial charge in [-0.1, -0.05) is 29.8 Å². The van der Waals surface area contributed by atoms with E-state index in [1.807, 2.05) is 19.1 Å². The van der Waals surface area contributed by atoms with Crippen LogP contribution in [0.4, 0.5) is 10.1 Å². The molecule has 1 N–H and O–H groups in total. The van der Waals surface area contributed by atoms with Crippen molar-refractivity contribution in [2.75, 3.05) is 38.0 Å². The molecule has 0 radical (unpaired) electrons. The van der Waals surface area contributed by atoms with E-state index >= 15 is 0 Å². The van der Waals surface area contributed by atoms with Crippen LogP contribution in [0.25, 0.3) is 0 Å². The van der Waals surface area contributed by atoms with Gasteiger partial charge >= 0.3 is 0 Å². The minimum atomic E-state index is -0.470. The van der Waals surface area contributed by atoms with Gasteiger partial charge in [-0.2, -0.15) is 0 Å². The summed E-state index contributed by atoms with van der Waals surface area (Å²) >= 11 is 6.11. The number of nitrogens with one attached hydrogen (secondary N) is 1. The molecule has 0 saturated carbocycles. The van der Waals surface area contributed by atoms with E-state index in [4.69, 9.17) is 11.6 Å². The Bertz CT molecular complexity index is 953. The number of carbonyl (C=O) groups excluding carboxylic acids is 2. The molecule has 2 aromatic carbocycles. The maximum atomic E-state index is 13.9. The van der Waals surface area contributed by atoms with Crippen LogP contribution in [-0.4, -0.2) is 54.3 Å². The van der Waals surface area contributed by atoms with Crippen LogP contribution in [-0.2, 0) is 4.79 Å². The molecule has 2 aliphatic rings. The molecule has 5 nitrogen and oxygen atoms in total. The zero-order valence-corrected chi connectivity index (χ0v) is 17.7. The highest BCUT2D eigenvalue weighted by Gasteiger charge is 2.41. The Balaban J connectivity index is 1.24. The minimum absolute atomic E-state index is 0.0386. The molecule has 0 bridgehead atoms. The summed E-state index contributed by atoms with van der Waals surface area (Å²) in [6.45, 7) is 5.60. The maximum absolute atomic E-state index is 13.9. The van der Waals surface area contributed by atoms with Gasteiger partial charge in [-0.05, 0) is 48.6 Å². The SMILES string of the molecule is Cc1ccc(NC(=O)CCN2CC3CN(C(=O)c4ccccc4F)CC3C2)cc1Cl. The summed E-state index contributed by atoms with van der Waals surface area (Å²) in [5.74, 6) is 0.00923. The first-order valence-electron chi connectivity index (χ1n) is 10.2. The van der Waals surface area contributed by atoms with Crippen molar-refractivity contribution >= 4 is 29.1 Å². The van der Waals surface area contributed by atoms with Crippen molar-refractivity contribution < 1.29 is 14.0 Å². The van der Waals surface area contributed by atoms with Gasteiger partial charge in [0, 0.05) is 49.9 Å². The second-order valence-corrected chi connectivity index (χ2v) is 8.64. The van der Waals surface area contributed by atoms with Crippen molar-refractivity contribution in [3.8, 4) is 0 Å². The fourth-order valence-corrected chi connectivity index (χ4v) is 4.58. The highest BCUT2D eigenvalue weighted by Crippen LogP contribution is 2.32. The molecule has 0 aromatic heterocycles. The van der Waals surface area contributed by atoms with E-state index in [0.29, 0.717) is 48.6 Å². The van der Waals surface area contributed by atoms with Gasteiger partial charge in [0.15, 0.2) is 0 Å². The second kappa shape index (κ2) is 8.74. The van der Waals surface area contributed by atoms with Crippen molar-refractivity contribution in [3.05, 3.63) is 64.4 Å². The van der Waals surface area contributed by atoms with Gasteiger partial charge in [0.25, 0.3) is 5.91 Å². The molecule has 2 aliphatic heterocycles. The van der Waals surface area contributed by atoms with Crippen molar-refractivity contribution in [1.82, 2.24) is 9.80 Å². The molecular formula is C23H25ClFN3O2. The Morgan fingerprint density at radius 2 is 1.80 bits per heavy atom. The van der Waals surface area contributed by atoms with Crippen LogP contribution in [0.5, 0.6) is 0 Å². The standard InChI is InChI=1S/C23H25ClFN3O2/c1-15-6-7-18(10-20(15)24)26-22(29)8-9-27-11-16-13-28(14-17(16)12-27)23(30)19-4-2-3-5-21(19)25/h2-7,10,16-17H,8-9,11-14H2,1H3,(H,26,29). The number of anilines is 1. The minimum Gasteiger partial charge on any atom is -0.338 e. The lowest BCUT2D eigenvalue weighted by Crippen LogP contribution is -2.34. The van der Waals surface area contributed by atoms with Crippen LogP contribution in [0.15, 0.2) is 42.5 Å². The van der Waals surface area contributed by atoms with Crippen LogP contribution in [0.3, 0.4) is 0 Å². The topological polar surface area (TPSA) is 52.7 Å². The Morgan fingerprint density at radius 1 is 1.10 bits per heavy atom.